The number of hydrogen-bond acceptors (Lipinski definition) is 5. The van der Waals surface area contributed by atoms with Gasteiger partial charge in [0.05, 0.1) is 24.4 Å². The van der Waals surface area contributed by atoms with Crippen LogP contribution in [0.5, 0.6) is 0 Å². The standard InChI is InChI=1S/C28H38O5/c1-16(15-31-20(5)29)12-13-23-19(4)25-24(32-23)14-22-17(2)18(3)26(28(22,25)6)33-27(30)21-10-8-7-9-11-21/h7-11,14,16-19,23-26H,12-13,15H2,1-6H3/t16-,17?,18?,19-,23-,24+,25+,26-,28+/m1/s1. The molecule has 5 heteroatoms. The Hall–Kier alpha value is -2.14. The number of carbonyl (C=O) groups excluding carboxylic acids is 2. The normalized spacial score (nSPS) is 37.8. The van der Waals surface area contributed by atoms with Gasteiger partial charge >= 0.3 is 11.9 Å². The highest BCUT2D eigenvalue weighted by molar-refractivity contribution is 5.89. The summed E-state index contributed by atoms with van der Waals surface area (Å²) in [5.74, 6) is 1.09. The van der Waals surface area contributed by atoms with Crippen LogP contribution in [0.25, 0.3) is 0 Å². The average Bonchev–Trinajstić information content (AvgIpc) is 3.33. The van der Waals surface area contributed by atoms with Crippen LogP contribution in [-0.4, -0.2) is 36.9 Å². The highest BCUT2D eigenvalue weighted by Gasteiger charge is 2.65. The van der Waals surface area contributed by atoms with Crippen LogP contribution in [0, 0.1) is 35.0 Å². The lowest BCUT2D eigenvalue weighted by atomic mass is 9.67. The topological polar surface area (TPSA) is 61.8 Å². The first-order valence-electron chi connectivity index (χ1n) is 12.4. The third-order valence-corrected chi connectivity index (χ3v) is 8.60. The Morgan fingerprint density at radius 1 is 1.12 bits per heavy atom. The third kappa shape index (κ3) is 4.25. The molecule has 1 saturated heterocycles. The van der Waals surface area contributed by atoms with Crippen molar-refractivity contribution in [2.45, 2.75) is 72.7 Å². The molecule has 180 valence electrons. The van der Waals surface area contributed by atoms with Crippen molar-refractivity contribution in [2.24, 2.45) is 35.0 Å². The first-order chi connectivity index (χ1) is 15.6. The summed E-state index contributed by atoms with van der Waals surface area (Å²) in [4.78, 5) is 24.1. The summed E-state index contributed by atoms with van der Waals surface area (Å²) in [7, 11) is 0. The molecule has 0 N–H and O–H groups in total. The van der Waals surface area contributed by atoms with Gasteiger partial charge in [0.1, 0.15) is 6.10 Å². The Balaban J connectivity index is 1.49. The maximum atomic E-state index is 13.0. The van der Waals surface area contributed by atoms with E-state index < -0.39 is 0 Å². The average molecular weight is 455 g/mol. The zero-order chi connectivity index (χ0) is 23.9. The fourth-order valence-corrected chi connectivity index (χ4v) is 6.72. The quantitative estimate of drug-likeness (QED) is 0.405. The molecular weight excluding hydrogens is 416 g/mol. The maximum Gasteiger partial charge on any atom is 0.338 e. The Morgan fingerprint density at radius 3 is 2.48 bits per heavy atom. The summed E-state index contributed by atoms with van der Waals surface area (Å²) in [5, 5.41) is 0. The number of hydrogen-bond donors (Lipinski definition) is 0. The van der Waals surface area contributed by atoms with Crippen molar-refractivity contribution in [3.63, 3.8) is 0 Å². The van der Waals surface area contributed by atoms with E-state index in [4.69, 9.17) is 14.2 Å². The Kier molecular flexibility index (Phi) is 6.73. The molecule has 1 aromatic carbocycles. The lowest BCUT2D eigenvalue weighted by Gasteiger charge is -2.39. The molecule has 2 fully saturated rings. The van der Waals surface area contributed by atoms with Crippen LogP contribution in [0.1, 0.15) is 64.7 Å². The summed E-state index contributed by atoms with van der Waals surface area (Å²) in [5.41, 5.74) is 1.78. The highest BCUT2D eigenvalue weighted by atomic mass is 16.5. The van der Waals surface area contributed by atoms with E-state index in [1.165, 1.54) is 12.5 Å². The molecule has 5 nitrogen and oxygen atoms in total. The minimum Gasteiger partial charge on any atom is -0.466 e. The smallest absolute Gasteiger partial charge is 0.338 e. The highest BCUT2D eigenvalue weighted by Crippen LogP contribution is 2.64. The number of esters is 2. The molecule has 1 aliphatic heterocycles. The molecule has 2 unspecified atom stereocenters. The predicted molar refractivity (Wildman–Crippen MR) is 127 cm³/mol. The number of benzene rings is 1. The van der Waals surface area contributed by atoms with Gasteiger partial charge in [-0.1, -0.05) is 64.5 Å². The number of carbonyl (C=O) groups is 2. The second kappa shape index (κ2) is 9.25. The van der Waals surface area contributed by atoms with Crippen molar-refractivity contribution in [3.05, 3.63) is 47.5 Å². The minimum absolute atomic E-state index is 0.0710. The summed E-state index contributed by atoms with van der Waals surface area (Å²) in [6.07, 6.45) is 4.28. The first-order valence-corrected chi connectivity index (χ1v) is 12.4. The monoisotopic (exact) mass is 454 g/mol. The fraction of sp³-hybridized carbons (Fsp3) is 0.643. The summed E-state index contributed by atoms with van der Waals surface area (Å²) < 4.78 is 18.0. The lowest BCUT2D eigenvalue weighted by molar-refractivity contribution is -0.142. The molecule has 1 heterocycles. The van der Waals surface area contributed by atoms with Gasteiger partial charge in [-0.15, -0.1) is 0 Å². The van der Waals surface area contributed by atoms with Gasteiger partial charge in [0.25, 0.3) is 0 Å². The van der Waals surface area contributed by atoms with Gasteiger partial charge < -0.3 is 14.2 Å². The van der Waals surface area contributed by atoms with Crippen molar-refractivity contribution < 1.29 is 23.8 Å². The van der Waals surface area contributed by atoms with E-state index in [9.17, 15) is 9.59 Å². The second-order valence-corrected chi connectivity index (χ2v) is 10.8. The molecule has 1 saturated carbocycles. The van der Waals surface area contributed by atoms with Gasteiger partial charge in [-0.05, 0) is 42.7 Å². The van der Waals surface area contributed by atoms with E-state index in [-0.39, 0.29) is 41.6 Å². The van der Waals surface area contributed by atoms with E-state index in [1.807, 2.05) is 30.3 Å². The summed E-state index contributed by atoms with van der Waals surface area (Å²) >= 11 is 0. The summed E-state index contributed by atoms with van der Waals surface area (Å²) in [6, 6.07) is 9.28. The molecule has 33 heavy (non-hydrogen) atoms. The van der Waals surface area contributed by atoms with Crippen LogP contribution in [0.4, 0.5) is 0 Å². The van der Waals surface area contributed by atoms with E-state index >= 15 is 0 Å². The predicted octanol–water partition coefficient (Wildman–Crippen LogP) is 5.44. The van der Waals surface area contributed by atoms with Gasteiger partial charge in [-0.25, -0.2) is 4.79 Å². The van der Waals surface area contributed by atoms with E-state index in [0.29, 0.717) is 35.8 Å². The number of fused-ring (bicyclic) bond motifs is 3. The SMILES string of the molecule is CC(=O)OC[C@H](C)CC[C@H]1O[C@H]2C=C3C(C)C(C)[C@@H](OC(=O)c4ccccc4)[C@]3(C)[C@H]2[C@@H]1C. The number of ether oxygens (including phenoxy) is 3. The van der Waals surface area contributed by atoms with Crippen molar-refractivity contribution in [2.75, 3.05) is 6.61 Å². The van der Waals surface area contributed by atoms with Gasteiger partial charge in [0.15, 0.2) is 0 Å². The van der Waals surface area contributed by atoms with Crippen LogP contribution in [0.3, 0.4) is 0 Å². The molecule has 0 spiro atoms. The van der Waals surface area contributed by atoms with Crippen LogP contribution in [0.15, 0.2) is 42.0 Å². The van der Waals surface area contributed by atoms with Crippen LogP contribution in [-0.2, 0) is 19.0 Å². The zero-order valence-electron chi connectivity index (χ0n) is 20.7. The Labute approximate surface area is 197 Å². The van der Waals surface area contributed by atoms with Crippen LogP contribution in [0.2, 0.25) is 0 Å². The third-order valence-electron chi connectivity index (χ3n) is 8.60. The Bertz CT molecular complexity index is 908. The molecule has 1 aromatic rings. The van der Waals surface area contributed by atoms with Crippen molar-refractivity contribution in [1.29, 1.82) is 0 Å². The lowest BCUT2D eigenvalue weighted by Crippen LogP contribution is -2.43. The van der Waals surface area contributed by atoms with Gasteiger partial charge in [0.2, 0.25) is 0 Å². The Morgan fingerprint density at radius 2 is 1.82 bits per heavy atom. The van der Waals surface area contributed by atoms with Gasteiger partial charge in [0, 0.05) is 24.2 Å². The minimum atomic E-state index is -0.243. The fourth-order valence-electron chi connectivity index (χ4n) is 6.72. The molecule has 3 aliphatic rings. The van der Waals surface area contributed by atoms with E-state index in [2.05, 4.69) is 40.7 Å². The maximum absolute atomic E-state index is 13.0. The molecular formula is C28H38O5. The molecule has 0 aromatic heterocycles. The van der Waals surface area contributed by atoms with E-state index in [1.54, 1.807) is 0 Å². The van der Waals surface area contributed by atoms with Crippen LogP contribution >= 0.6 is 0 Å². The van der Waals surface area contributed by atoms with Gasteiger partial charge in [-0.3, -0.25) is 4.79 Å². The molecule has 0 bridgehead atoms. The molecule has 9 atom stereocenters. The largest absolute Gasteiger partial charge is 0.466 e. The van der Waals surface area contributed by atoms with Crippen molar-refractivity contribution in [1.82, 2.24) is 0 Å². The molecule has 0 radical (unpaired) electrons. The first kappa shape index (κ1) is 24.0. The molecule has 2 aliphatic carbocycles. The molecule has 4 rings (SSSR count). The summed E-state index contributed by atoms with van der Waals surface area (Å²) in [6.45, 7) is 13.1. The number of rotatable bonds is 7. The van der Waals surface area contributed by atoms with Crippen molar-refractivity contribution >= 4 is 11.9 Å². The van der Waals surface area contributed by atoms with Gasteiger partial charge in [-0.2, -0.15) is 0 Å². The second-order valence-electron chi connectivity index (χ2n) is 10.8. The zero-order valence-corrected chi connectivity index (χ0v) is 20.7. The van der Waals surface area contributed by atoms with E-state index in [0.717, 1.165) is 12.8 Å². The van der Waals surface area contributed by atoms with Crippen LogP contribution < -0.4 is 0 Å². The molecule has 0 amide bonds. The van der Waals surface area contributed by atoms with Crippen molar-refractivity contribution in [3.8, 4) is 0 Å².